The second-order valence-electron chi connectivity index (χ2n) is 12.9. The van der Waals surface area contributed by atoms with E-state index in [0.29, 0.717) is 83.3 Å². The van der Waals surface area contributed by atoms with Crippen LogP contribution in [0.1, 0.15) is 22.3 Å². The van der Waals surface area contributed by atoms with Gasteiger partial charge in [0.05, 0.1) is 46.4 Å². The number of aromatic amines is 1. The standard InChI is InChI=1S/C34H35F2N7O4/c1-37-24-12-23(35)29(36)27-28-31(42-6-5-19-14-40(2)17-26(19)42)22(13-38-32(28)39-30(24)27)18-3-4-25-20(15-41-7-9-47-10-8-41)11-21(34(45)46)33(44)43(25)16-18/h3-4,11-13,16,19,26,37H,5-10,14-15,17H2,1-2H3,(H,38,39)(H,45,46)/t19?,26-/m1/s1. The van der Waals surface area contributed by atoms with Gasteiger partial charge < -0.3 is 29.9 Å². The first-order valence-corrected chi connectivity index (χ1v) is 15.9. The van der Waals surface area contributed by atoms with Gasteiger partial charge in [-0.05, 0) is 37.1 Å². The molecule has 7 heterocycles. The molecule has 0 saturated carbocycles. The highest BCUT2D eigenvalue weighted by molar-refractivity contribution is 6.18. The van der Waals surface area contributed by atoms with E-state index >= 15 is 8.78 Å². The first-order chi connectivity index (χ1) is 22.7. The Balaban J connectivity index is 1.38. The molecule has 13 heteroatoms. The Morgan fingerprint density at radius 2 is 1.96 bits per heavy atom. The van der Waals surface area contributed by atoms with Gasteiger partial charge in [0.1, 0.15) is 11.2 Å². The number of H-pyrrole nitrogens is 1. The molecule has 0 amide bonds. The molecule has 3 aliphatic heterocycles. The number of likely N-dealkylation sites (tertiary alicyclic amines) is 1. The van der Waals surface area contributed by atoms with Gasteiger partial charge in [-0.1, -0.05) is 6.07 Å². The molecule has 3 saturated heterocycles. The van der Waals surface area contributed by atoms with Crippen molar-refractivity contribution in [2.45, 2.75) is 19.0 Å². The first kappa shape index (κ1) is 29.8. The van der Waals surface area contributed by atoms with E-state index < -0.39 is 23.2 Å². The van der Waals surface area contributed by atoms with Gasteiger partial charge >= 0.3 is 5.97 Å². The Morgan fingerprint density at radius 1 is 1.15 bits per heavy atom. The van der Waals surface area contributed by atoms with Crippen molar-refractivity contribution < 1.29 is 23.4 Å². The van der Waals surface area contributed by atoms with Gasteiger partial charge in [0.25, 0.3) is 5.56 Å². The molecular weight excluding hydrogens is 608 g/mol. The lowest BCUT2D eigenvalue weighted by Crippen LogP contribution is -2.36. The number of anilines is 2. The lowest BCUT2D eigenvalue weighted by molar-refractivity contribution is 0.0343. The SMILES string of the molecule is CNc1cc(F)c(F)c2c1[nH]c1ncc(-c3ccc4c(CN5CCOCC5)cc(C(=O)O)c(=O)n4c3)c(N3CCC4CN(C)C[C@H]43)c12. The van der Waals surface area contributed by atoms with Gasteiger partial charge in [0.15, 0.2) is 11.6 Å². The molecular formula is C34H35F2N7O4. The fraction of sp³-hybridized carbons (Fsp3) is 0.382. The van der Waals surface area contributed by atoms with E-state index in [1.54, 1.807) is 19.4 Å². The number of likely N-dealkylation sites (N-methyl/N-ethyl adjacent to an activating group) is 1. The van der Waals surface area contributed by atoms with E-state index in [1.807, 2.05) is 12.1 Å². The second kappa shape index (κ2) is 11.3. The summed E-state index contributed by atoms with van der Waals surface area (Å²) in [6.45, 7) is 5.51. The topological polar surface area (TPSA) is 118 Å². The number of hydrogen-bond donors (Lipinski definition) is 3. The number of carboxylic acids is 1. The highest BCUT2D eigenvalue weighted by Gasteiger charge is 2.42. The van der Waals surface area contributed by atoms with Crippen molar-refractivity contribution in [3.63, 3.8) is 0 Å². The van der Waals surface area contributed by atoms with Crippen molar-refractivity contribution >= 4 is 44.8 Å². The number of hydrogen-bond acceptors (Lipinski definition) is 8. The molecule has 0 bridgehead atoms. The third kappa shape index (κ3) is 4.75. The van der Waals surface area contributed by atoms with Crippen LogP contribution in [0, 0.1) is 17.6 Å². The van der Waals surface area contributed by atoms with E-state index in [-0.39, 0.29) is 17.0 Å². The summed E-state index contributed by atoms with van der Waals surface area (Å²) in [5.74, 6) is -2.81. The van der Waals surface area contributed by atoms with Crippen LogP contribution in [0.25, 0.3) is 38.6 Å². The van der Waals surface area contributed by atoms with Gasteiger partial charge in [0.2, 0.25) is 0 Å². The van der Waals surface area contributed by atoms with E-state index in [0.717, 1.165) is 37.7 Å². The number of aromatic carboxylic acids is 1. The summed E-state index contributed by atoms with van der Waals surface area (Å²) >= 11 is 0. The van der Waals surface area contributed by atoms with Crippen LogP contribution in [0.2, 0.25) is 0 Å². The van der Waals surface area contributed by atoms with Crippen LogP contribution in [0.15, 0.2) is 41.5 Å². The quantitative estimate of drug-likeness (QED) is 0.253. The highest BCUT2D eigenvalue weighted by Crippen LogP contribution is 2.46. The maximum absolute atomic E-state index is 15.8. The predicted molar refractivity (Wildman–Crippen MR) is 176 cm³/mol. The Hall–Kier alpha value is -4.59. The second-order valence-corrected chi connectivity index (χ2v) is 12.9. The van der Waals surface area contributed by atoms with Crippen molar-refractivity contribution in [2.24, 2.45) is 5.92 Å². The van der Waals surface area contributed by atoms with Crippen molar-refractivity contribution in [2.75, 3.05) is 70.2 Å². The molecule has 3 fully saturated rings. The fourth-order valence-corrected chi connectivity index (χ4v) is 7.91. The zero-order valence-corrected chi connectivity index (χ0v) is 26.1. The molecule has 4 aromatic heterocycles. The number of aromatic nitrogens is 3. The lowest BCUT2D eigenvalue weighted by atomic mass is 9.99. The molecule has 244 valence electrons. The summed E-state index contributed by atoms with van der Waals surface area (Å²) in [4.78, 5) is 40.6. The molecule has 11 nitrogen and oxygen atoms in total. The van der Waals surface area contributed by atoms with Crippen LogP contribution in [0.3, 0.4) is 0 Å². The molecule has 2 atom stereocenters. The Labute approximate surface area is 268 Å². The van der Waals surface area contributed by atoms with Crippen LogP contribution in [-0.4, -0.2) is 101 Å². The van der Waals surface area contributed by atoms with E-state index in [2.05, 4.69) is 32.0 Å². The highest BCUT2D eigenvalue weighted by atomic mass is 19.2. The Morgan fingerprint density at radius 3 is 2.72 bits per heavy atom. The molecule has 3 N–H and O–H groups in total. The van der Waals surface area contributed by atoms with Gasteiger partial charge in [-0.3, -0.25) is 14.1 Å². The third-order valence-electron chi connectivity index (χ3n) is 10.1. The van der Waals surface area contributed by atoms with Crippen molar-refractivity contribution in [3.8, 4) is 11.1 Å². The summed E-state index contributed by atoms with van der Waals surface area (Å²) in [5.41, 5.74) is 3.58. The average molecular weight is 644 g/mol. The molecule has 1 unspecified atom stereocenters. The lowest BCUT2D eigenvalue weighted by Gasteiger charge is -2.29. The molecule has 8 rings (SSSR count). The zero-order chi connectivity index (χ0) is 32.6. The maximum atomic E-state index is 15.8. The molecule has 1 aromatic carbocycles. The molecule has 0 radical (unpaired) electrons. The van der Waals surface area contributed by atoms with Crippen LogP contribution in [0.4, 0.5) is 20.2 Å². The van der Waals surface area contributed by atoms with Crippen LogP contribution in [-0.2, 0) is 11.3 Å². The molecule has 3 aliphatic rings. The van der Waals surface area contributed by atoms with E-state index in [4.69, 9.17) is 9.72 Å². The van der Waals surface area contributed by atoms with E-state index in [1.165, 1.54) is 10.5 Å². The number of carboxylic acid groups (broad SMARTS) is 1. The Kier molecular flexibility index (Phi) is 7.15. The third-order valence-corrected chi connectivity index (χ3v) is 10.1. The van der Waals surface area contributed by atoms with Gasteiger partial charge in [-0.25, -0.2) is 18.6 Å². The number of morpholine rings is 1. The minimum absolute atomic E-state index is 0.113. The molecule has 47 heavy (non-hydrogen) atoms. The maximum Gasteiger partial charge on any atom is 0.341 e. The zero-order valence-electron chi connectivity index (χ0n) is 26.1. The van der Waals surface area contributed by atoms with Gasteiger partial charge in [-0.2, -0.15) is 0 Å². The number of fused-ring (bicyclic) bond motifs is 5. The van der Waals surface area contributed by atoms with E-state index in [9.17, 15) is 14.7 Å². The van der Waals surface area contributed by atoms with Crippen molar-refractivity contribution in [1.82, 2.24) is 24.2 Å². The molecule has 0 spiro atoms. The number of ether oxygens (including phenoxy) is 1. The monoisotopic (exact) mass is 643 g/mol. The molecule has 5 aromatic rings. The van der Waals surface area contributed by atoms with Crippen LogP contribution in [0.5, 0.6) is 0 Å². The number of benzene rings is 1. The number of pyridine rings is 3. The summed E-state index contributed by atoms with van der Waals surface area (Å²) in [6, 6.07) is 6.48. The van der Waals surface area contributed by atoms with Crippen LogP contribution >= 0.6 is 0 Å². The predicted octanol–water partition coefficient (Wildman–Crippen LogP) is 3.99. The number of halogens is 2. The fourth-order valence-electron chi connectivity index (χ4n) is 7.91. The minimum Gasteiger partial charge on any atom is -0.477 e. The minimum atomic E-state index is -1.30. The van der Waals surface area contributed by atoms with Crippen molar-refractivity contribution in [3.05, 3.63) is 69.8 Å². The number of rotatable bonds is 6. The van der Waals surface area contributed by atoms with Gasteiger partial charge in [-0.15, -0.1) is 0 Å². The average Bonchev–Trinajstić information content (AvgIpc) is 3.76. The summed E-state index contributed by atoms with van der Waals surface area (Å²) in [6.07, 6.45) is 4.30. The Bertz CT molecular complexity index is 2140. The largest absolute Gasteiger partial charge is 0.477 e. The number of nitrogens with one attached hydrogen (secondary N) is 2. The summed E-state index contributed by atoms with van der Waals surface area (Å²) in [5, 5.41) is 13.5. The van der Waals surface area contributed by atoms with Crippen molar-refractivity contribution in [1.29, 1.82) is 0 Å². The summed E-state index contributed by atoms with van der Waals surface area (Å²) in [7, 11) is 3.74. The normalized spacial score (nSPS) is 20.6. The number of nitrogens with zero attached hydrogens (tertiary/aromatic N) is 5. The van der Waals surface area contributed by atoms with Gasteiger partial charge in [0, 0.05) is 81.9 Å². The summed E-state index contributed by atoms with van der Waals surface area (Å²) < 4.78 is 37.8. The first-order valence-electron chi connectivity index (χ1n) is 15.9. The van der Waals surface area contributed by atoms with Crippen LogP contribution < -0.4 is 15.8 Å². The number of carbonyl (C=O) groups is 1. The smallest absolute Gasteiger partial charge is 0.341 e. The molecule has 0 aliphatic carbocycles.